The summed E-state index contributed by atoms with van der Waals surface area (Å²) in [6.07, 6.45) is 2.41. The van der Waals surface area contributed by atoms with Crippen LogP contribution in [0, 0.1) is 0 Å². The van der Waals surface area contributed by atoms with E-state index in [-0.39, 0.29) is 5.60 Å². The molecule has 104 valence electrons. The number of rotatable bonds is 4. The van der Waals surface area contributed by atoms with Gasteiger partial charge in [-0.15, -0.1) is 0 Å². The first kappa shape index (κ1) is 17.0. The number of ether oxygens (including phenoxy) is 1. The Kier molecular flexibility index (Phi) is 7.73. The van der Waals surface area contributed by atoms with Crippen LogP contribution in [0.4, 0.5) is 0 Å². The molecule has 0 N–H and O–H groups in total. The molecule has 0 radical (unpaired) electrons. The second kappa shape index (κ2) is 8.18. The van der Waals surface area contributed by atoms with E-state index in [2.05, 4.69) is 58.9 Å². The summed E-state index contributed by atoms with van der Waals surface area (Å²) in [4.78, 5) is 0. The topological polar surface area (TPSA) is 9.23 Å². The van der Waals surface area contributed by atoms with Crippen molar-refractivity contribution in [1.29, 1.82) is 0 Å². The molecule has 18 heavy (non-hydrogen) atoms. The van der Waals surface area contributed by atoms with Crippen LogP contribution >= 0.6 is 0 Å². The Labute approximate surface area is 114 Å². The lowest BCUT2D eigenvalue weighted by Gasteiger charge is -2.22. The predicted molar refractivity (Wildman–Crippen MR) is 81.5 cm³/mol. The van der Waals surface area contributed by atoms with Crippen molar-refractivity contribution >= 4 is 0 Å². The van der Waals surface area contributed by atoms with Crippen molar-refractivity contribution in [3.05, 3.63) is 29.8 Å². The van der Waals surface area contributed by atoms with Crippen molar-refractivity contribution in [1.82, 2.24) is 0 Å². The van der Waals surface area contributed by atoms with E-state index >= 15 is 0 Å². The molecule has 0 atom stereocenters. The molecule has 1 nitrogen and oxygen atoms in total. The van der Waals surface area contributed by atoms with Crippen molar-refractivity contribution < 1.29 is 4.74 Å². The molecule has 0 fully saturated rings. The minimum absolute atomic E-state index is 0.115. The first-order valence-electron chi connectivity index (χ1n) is 7.25. The summed E-state index contributed by atoms with van der Waals surface area (Å²) in [5, 5.41) is 0. The van der Waals surface area contributed by atoms with E-state index < -0.39 is 0 Å². The normalized spacial score (nSPS) is 10.9. The Morgan fingerprint density at radius 3 is 1.72 bits per heavy atom. The molecule has 0 aliphatic carbocycles. The lowest BCUT2D eigenvalue weighted by molar-refractivity contribution is 0.131. The zero-order chi connectivity index (χ0) is 14.2. The van der Waals surface area contributed by atoms with E-state index in [1.54, 1.807) is 0 Å². The highest BCUT2D eigenvalue weighted by atomic mass is 16.5. The van der Waals surface area contributed by atoms with Crippen molar-refractivity contribution in [2.24, 2.45) is 0 Å². The third kappa shape index (κ3) is 6.09. The summed E-state index contributed by atoms with van der Waals surface area (Å²) in [6, 6.07) is 8.55. The minimum atomic E-state index is -0.115. The van der Waals surface area contributed by atoms with Gasteiger partial charge >= 0.3 is 0 Å². The molecular weight excluding hydrogens is 220 g/mol. The minimum Gasteiger partial charge on any atom is -0.488 e. The number of benzene rings is 1. The molecular formula is C17H30O. The summed E-state index contributed by atoms with van der Waals surface area (Å²) in [5.74, 6) is 1.64. The molecule has 0 saturated heterocycles. The number of hydrogen-bond donors (Lipinski definition) is 0. The van der Waals surface area contributed by atoms with Crippen LogP contribution in [0.3, 0.4) is 0 Å². The van der Waals surface area contributed by atoms with E-state index in [9.17, 15) is 0 Å². The van der Waals surface area contributed by atoms with E-state index in [0.29, 0.717) is 5.92 Å². The van der Waals surface area contributed by atoms with E-state index in [0.717, 1.165) is 5.75 Å². The molecule has 0 saturated carbocycles. The van der Waals surface area contributed by atoms with Crippen LogP contribution in [0.2, 0.25) is 0 Å². The van der Waals surface area contributed by atoms with Crippen LogP contribution in [0.15, 0.2) is 24.3 Å². The highest BCUT2D eigenvalue weighted by Crippen LogP contribution is 2.26. The van der Waals surface area contributed by atoms with Crippen molar-refractivity contribution in [2.45, 2.75) is 72.8 Å². The molecule has 1 rings (SSSR count). The van der Waals surface area contributed by atoms with Gasteiger partial charge in [0.2, 0.25) is 0 Å². The van der Waals surface area contributed by atoms with Crippen LogP contribution in [-0.4, -0.2) is 5.60 Å². The fourth-order valence-electron chi connectivity index (χ4n) is 1.92. The molecule has 0 spiro atoms. The second-order valence-corrected chi connectivity index (χ2v) is 5.30. The van der Waals surface area contributed by atoms with E-state index in [1.807, 2.05) is 13.8 Å². The fraction of sp³-hybridized carbons (Fsp3) is 0.647. The molecule has 1 aromatic carbocycles. The second-order valence-electron chi connectivity index (χ2n) is 5.30. The maximum absolute atomic E-state index is 5.80. The fourth-order valence-corrected chi connectivity index (χ4v) is 1.92. The highest BCUT2D eigenvalue weighted by Gasteiger charge is 2.12. The Balaban J connectivity index is 0.00000137. The van der Waals surface area contributed by atoms with Gasteiger partial charge in [0.25, 0.3) is 0 Å². The molecule has 0 aliphatic heterocycles. The van der Waals surface area contributed by atoms with Crippen LogP contribution in [-0.2, 0) is 0 Å². The molecule has 0 unspecified atom stereocenters. The van der Waals surface area contributed by atoms with E-state index in [1.165, 1.54) is 18.4 Å². The van der Waals surface area contributed by atoms with Gasteiger partial charge in [0, 0.05) is 0 Å². The SMILES string of the molecule is CC.CCC(CC)c1ccc(OC(C)(C)C)cc1. The van der Waals surface area contributed by atoms with Gasteiger partial charge in [0.1, 0.15) is 11.4 Å². The zero-order valence-corrected chi connectivity index (χ0v) is 13.2. The Hall–Kier alpha value is -0.980. The van der Waals surface area contributed by atoms with Gasteiger partial charge in [0.05, 0.1) is 0 Å². The third-order valence-corrected chi connectivity index (χ3v) is 2.76. The van der Waals surface area contributed by atoms with Gasteiger partial charge in [-0.3, -0.25) is 0 Å². The molecule has 1 heteroatoms. The Morgan fingerprint density at radius 2 is 1.39 bits per heavy atom. The molecule has 0 bridgehead atoms. The lowest BCUT2D eigenvalue weighted by atomic mass is 9.94. The monoisotopic (exact) mass is 250 g/mol. The molecule has 0 aliphatic rings. The lowest BCUT2D eigenvalue weighted by Crippen LogP contribution is -2.22. The quantitative estimate of drug-likeness (QED) is 0.656. The van der Waals surface area contributed by atoms with Crippen LogP contribution in [0.25, 0.3) is 0 Å². The molecule has 0 aromatic heterocycles. The van der Waals surface area contributed by atoms with Crippen molar-refractivity contribution in [3.63, 3.8) is 0 Å². The van der Waals surface area contributed by atoms with Gasteiger partial charge in [-0.2, -0.15) is 0 Å². The maximum Gasteiger partial charge on any atom is 0.120 e. The largest absolute Gasteiger partial charge is 0.488 e. The Morgan fingerprint density at radius 1 is 0.944 bits per heavy atom. The maximum atomic E-state index is 5.80. The summed E-state index contributed by atoms with van der Waals surface area (Å²) < 4.78 is 5.80. The van der Waals surface area contributed by atoms with Crippen LogP contribution < -0.4 is 4.74 Å². The summed E-state index contributed by atoms with van der Waals surface area (Å²) in [5.41, 5.74) is 1.31. The Bertz CT molecular complexity index is 301. The average molecular weight is 250 g/mol. The van der Waals surface area contributed by atoms with Gasteiger partial charge in [-0.05, 0) is 57.2 Å². The van der Waals surface area contributed by atoms with Gasteiger partial charge < -0.3 is 4.74 Å². The smallest absolute Gasteiger partial charge is 0.120 e. The van der Waals surface area contributed by atoms with Crippen LogP contribution in [0.5, 0.6) is 5.75 Å². The van der Waals surface area contributed by atoms with E-state index in [4.69, 9.17) is 4.74 Å². The third-order valence-electron chi connectivity index (χ3n) is 2.76. The van der Waals surface area contributed by atoms with Gasteiger partial charge in [-0.1, -0.05) is 39.8 Å². The van der Waals surface area contributed by atoms with Gasteiger partial charge in [0.15, 0.2) is 0 Å². The van der Waals surface area contributed by atoms with Crippen LogP contribution in [0.1, 0.15) is 72.8 Å². The summed E-state index contributed by atoms with van der Waals surface area (Å²) in [6.45, 7) is 14.7. The molecule has 1 aromatic rings. The number of hydrogen-bond acceptors (Lipinski definition) is 1. The summed E-state index contributed by atoms with van der Waals surface area (Å²) >= 11 is 0. The van der Waals surface area contributed by atoms with Crippen molar-refractivity contribution in [2.75, 3.05) is 0 Å². The zero-order valence-electron chi connectivity index (χ0n) is 13.2. The van der Waals surface area contributed by atoms with Crippen molar-refractivity contribution in [3.8, 4) is 5.75 Å². The van der Waals surface area contributed by atoms with Gasteiger partial charge in [-0.25, -0.2) is 0 Å². The first-order chi connectivity index (χ1) is 8.46. The highest BCUT2D eigenvalue weighted by molar-refractivity contribution is 5.29. The molecule has 0 heterocycles. The summed E-state index contributed by atoms with van der Waals surface area (Å²) in [7, 11) is 0. The molecule has 0 amide bonds. The predicted octanol–water partition coefficient (Wildman–Crippen LogP) is 5.79. The first-order valence-corrected chi connectivity index (χ1v) is 7.25. The standard InChI is InChI=1S/C15H24O.C2H6/c1-6-12(7-2)13-8-10-14(11-9-13)16-15(3,4)5;1-2/h8-12H,6-7H2,1-5H3;1-2H3. The average Bonchev–Trinajstić information content (AvgIpc) is 2.33.